The van der Waals surface area contributed by atoms with Crippen molar-refractivity contribution in [1.82, 2.24) is 5.32 Å². The highest BCUT2D eigenvalue weighted by Crippen LogP contribution is 2.30. The minimum absolute atomic E-state index is 0.235. The van der Waals surface area contributed by atoms with Crippen molar-refractivity contribution in [2.75, 3.05) is 6.54 Å². The molecule has 0 spiro atoms. The summed E-state index contributed by atoms with van der Waals surface area (Å²) < 4.78 is 1.09. The number of primary amides is 1. The Morgan fingerprint density at radius 1 is 1.47 bits per heavy atom. The van der Waals surface area contributed by atoms with Gasteiger partial charge in [-0.15, -0.1) is 0 Å². The molecule has 0 fully saturated rings. The molecule has 104 valence electrons. The van der Waals surface area contributed by atoms with Gasteiger partial charge in [0.2, 0.25) is 5.91 Å². The molecule has 1 aliphatic carbocycles. The van der Waals surface area contributed by atoms with Gasteiger partial charge in [0.15, 0.2) is 0 Å². The van der Waals surface area contributed by atoms with Crippen LogP contribution in [0.5, 0.6) is 0 Å². The molecule has 1 aromatic rings. The molecule has 0 saturated heterocycles. The number of carbonyl (C=O) groups excluding carboxylic acids is 1. The highest BCUT2D eigenvalue weighted by Gasteiger charge is 2.39. The van der Waals surface area contributed by atoms with Crippen molar-refractivity contribution in [1.29, 1.82) is 0 Å². The summed E-state index contributed by atoms with van der Waals surface area (Å²) in [6, 6.07) is 6.26. The summed E-state index contributed by atoms with van der Waals surface area (Å²) in [5.74, 6) is 0.268. The van der Waals surface area contributed by atoms with Crippen LogP contribution in [0.2, 0.25) is 0 Å². The second-order valence-electron chi connectivity index (χ2n) is 5.81. The maximum absolute atomic E-state index is 11.9. The van der Waals surface area contributed by atoms with E-state index in [2.05, 4.69) is 47.2 Å². The zero-order valence-corrected chi connectivity index (χ0v) is 13.1. The van der Waals surface area contributed by atoms with Crippen LogP contribution in [0, 0.1) is 5.92 Å². The second-order valence-corrected chi connectivity index (χ2v) is 6.73. The van der Waals surface area contributed by atoms with Gasteiger partial charge in [-0.05, 0) is 55.0 Å². The van der Waals surface area contributed by atoms with Gasteiger partial charge in [-0.3, -0.25) is 4.79 Å². The van der Waals surface area contributed by atoms with Gasteiger partial charge in [-0.2, -0.15) is 0 Å². The Bertz CT molecular complexity index is 487. The van der Waals surface area contributed by atoms with Gasteiger partial charge < -0.3 is 11.1 Å². The first-order valence-corrected chi connectivity index (χ1v) is 7.54. The Morgan fingerprint density at radius 2 is 2.21 bits per heavy atom. The zero-order valence-electron chi connectivity index (χ0n) is 11.5. The SMILES string of the molecule is CC(C)CNC1(C(N)=O)CCc2cc(Br)ccc2C1. The lowest BCUT2D eigenvalue weighted by Crippen LogP contribution is -2.59. The minimum atomic E-state index is -0.578. The van der Waals surface area contributed by atoms with Crippen LogP contribution in [0.3, 0.4) is 0 Å². The van der Waals surface area contributed by atoms with Crippen molar-refractivity contribution in [2.45, 2.75) is 38.6 Å². The molecule has 19 heavy (non-hydrogen) atoms. The van der Waals surface area contributed by atoms with Crippen molar-refractivity contribution < 1.29 is 4.79 Å². The number of hydrogen-bond acceptors (Lipinski definition) is 2. The van der Waals surface area contributed by atoms with E-state index in [0.29, 0.717) is 12.3 Å². The Hall–Kier alpha value is -0.870. The number of hydrogen-bond donors (Lipinski definition) is 2. The summed E-state index contributed by atoms with van der Waals surface area (Å²) in [7, 11) is 0. The van der Waals surface area contributed by atoms with Gasteiger partial charge in [0, 0.05) is 4.47 Å². The molecular weight excluding hydrogens is 304 g/mol. The zero-order chi connectivity index (χ0) is 14.0. The molecule has 3 nitrogen and oxygen atoms in total. The topological polar surface area (TPSA) is 55.1 Å². The van der Waals surface area contributed by atoms with Crippen LogP contribution in [0.25, 0.3) is 0 Å². The van der Waals surface area contributed by atoms with E-state index in [1.54, 1.807) is 0 Å². The average Bonchev–Trinajstić information content (AvgIpc) is 2.36. The van der Waals surface area contributed by atoms with E-state index in [0.717, 1.165) is 23.9 Å². The molecule has 4 heteroatoms. The van der Waals surface area contributed by atoms with E-state index >= 15 is 0 Å². The van der Waals surface area contributed by atoms with Gasteiger partial charge in [-0.1, -0.05) is 35.8 Å². The van der Waals surface area contributed by atoms with E-state index in [-0.39, 0.29) is 5.91 Å². The molecule has 1 unspecified atom stereocenters. The Labute approximate surface area is 123 Å². The monoisotopic (exact) mass is 324 g/mol. The average molecular weight is 325 g/mol. The van der Waals surface area contributed by atoms with Gasteiger partial charge in [-0.25, -0.2) is 0 Å². The Kier molecular flexibility index (Phi) is 4.31. The normalized spacial score (nSPS) is 22.3. The fraction of sp³-hybridized carbons (Fsp3) is 0.533. The molecule has 3 N–H and O–H groups in total. The third-order valence-electron chi connectivity index (χ3n) is 3.80. The second kappa shape index (κ2) is 5.63. The van der Waals surface area contributed by atoms with Gasteiger partial charge >= 0.3 is 0 Å². The fourth-order valence-corrected chi connectivity index (χ4v) is 3.02. The summed E-state index contributed by atoms with van der Waals surface area (Å²) in [6.45, 7) is 5.08. The van der Waals surface area contributed by atoms with E-state index in [1.165, 1.54) is 11.1 Å². The van der Waals surface area contributed by atoms with Crippen LogP contribution in [-0.4, -0.2) is 18.0 Å². The number of carbonyl (C=O) groups is 1. The third kappa shape index (κ3) is 3.18. The molecule has 0 radical (unpaired) electrons. The third-order valence-corrected chi connectivity index (χ3v) is 4.30. The first-order valence-electron chi connectivity index (χ1n) is 6.75. The lowest BCUT2D eigenvalue weighted by Gasteiger charge is -2.37. The van der Waals surface area contributed by atoms with Gasteiger partial charge in [0.25, 0.3) is 0 Å². The number of benzene rings is 1. The van der Waals surface area contributed by atoms with Crippen LogP contribution >= 0.6 is 15.9 Å². The smallest absolute Gasteiger partial charge is 0.238 e. The standard InChI is InChI=1S/C15H21BrN2O/c1-10(2)9-18-15(14(17)19)6-5-11-7-13(16)4-3-12(11)8-15/h3-4,7,10,18H,5-6,8-9H2,1-2H3,(H2,17,19). The number of amides is 1. The van der Waals surface area contributed by atoms with Crippen LogP contribution in [0.4, 0.5) is 0 Å². The maximum Gasteiger partial charge on any atom is 0.238 e. The number of rotatable bonds is 4. The van der Waals surface area contributed by atoms with Crippen LogP contribution in [0.1, 0.15) is 31.4 Å². The molecule has 1 aromatic carbocycles. The van der Waals surface area contributed by atoms with Crippen LogP contribution in [-0.2, 0) is 17.6 Å². The highest BCUT2D eigenvalue weighted by molar-refractivity contribution is 9.10. The largest absolute Gasteiger partial charge is 0.368 e. The quantitative estimate of drug-likeness (QED) is 0.893. The maximum atomic E-state index is 11.9. The fourth-order valence-electron chi connectivity index (χ4n) is 2.61. The van der Waals surface area contributed by atoms with E-state index in [9.17, 15) is 4.79 Å². The van der Waals surface area contributed by atoms with Crippen molar-refractivity contribution in [3.8, 4) is 0 Å². The number of halogens is 1. The number of fused-ring (bicyclic) bond motifs is 1. The van der Waals surface area contributed by atoms with Gasteiger partial charge in [0.05, 0.1) is 0 Å². The van der Waals surface area contributed by atoms with Crippen LogP contribution in [0.15, 0.2) is 22.7 Å². The lowest BCUT2D eigenvalue weighted by molar-refractivity contribution is -0.125. The lowest BCUT2D eigenvalue weighted by atomic mass is 9.77. The molecule has 1 aliphatic rings. The molecule has 2 rings (SSSR count). The molecule has 0 aliphatic heterocycles. The summed E-state index contributed by atoms with van der Waals surface area (Å²) in [5, 5.41) is 3.40. The molecule has 1 amide bonds. The van der Waals surface area contributed by atoms with Crippen molar-refractivity contribution in [3.05, 3.63) is 33.8 Å². The van der Waals surface area contributed by atoms with E-state index in [1.807, 2.05) is 6.07 Å². The summed E-state index contributed by atoms with van der Waals surface area (Å²) in [5.41, 5.74) is 7.63. The van der Waals surface area contributed by atoms with Gasteiger partial charge in [0.1, 0.15) is 5.54 Å². The molecule has 0 saturated carbocycles. The predicted octanol–water partition coefficient (Wildman–Crippen LogP) is 2.41. The molecule has 1 atom stereocenters. The number of nitrogens with two attached hydrogens (primary N) is 1. The van der Waals surface area contributed by atoms with Crippen LogP contribution < -0.4 is 11.1 Å². The minimum Gasteiger partial charge on any atom is -0.368 e. The van der Waals surface area contributed by atoms with Crippen molar-refractivity contribution >= 4 is 21.8 Å². The van der Waals surface area contributed by atoms with E-state index < -0.39 is 5.54 Å². The van der Waals surface area contributed by atoms with E-state index in [4.69, 9.17) is 5.73 Å². The summed E-state index contributed by atoms with van der Waals surface area (Å²) in [6.07, 6.45) is 2.36. The molecule has 0 aromatic heterocycles. The molecular formula is C15H21BrN2O. The first kappa shape index (κ1) is 14.5. The highest BCUT2D eigenvalue weighted by atomic mass is 79.9. The molecule has 0 heterocycles. The number of nitrogens with one attached hydrogen (secondary N) is 1. The number of aryl methyl sites for hydroxylation is 1. The summed E-state index contributed by atoms with van der Waals surface area (Å²) >= 11 is 3.49. The Balaban J connectivity index is 2.24. The predicted molar refractivity (Wildman–Crippen MR) is 80.9 cm³/mol. The molecule has 0 bridgehead atoms. The Morgan fingerprint density at radius 3 is 2.84 bits per heavy atom. The first-order chi connectivity index (χ1) is 8.93. The van der Waals surface area contributed by atoms with Crippen molar-refractivity contribution in [2.24, 2.45) is 11.7 Å². The summed E-state index contributed by atoms with van der Waals surface area (Å²) in [4.78, 5) is 11.9. The van der Waals surface area contributed by atoms with Crippen molar-refractivity contribution in [3.63, 3.8) is 0 Å².